The summed E-state index contributed by atoms with van der Waals surface area (Å²) in [5, 5.41) is 0. The largest absolute Gasteiger partial charge is 0.341 e. The summed E-state index contributed by atoms with van der Waals surface area (Å²) in [6, 6.07) is 7.38. The minimum atomic E-state index is -0.533. The van der Waals surface area contributed by atoms with E-state index < -0.39 is 6.04 Å². The number of carbonyl (C=O) groups excluding carboxylic acids is 1. The molecule has 1 aromatic carbocycles. The summed E-state index contributed by atoms with van der Waals surface area (Å²) in [5.41, 5.74) is 8.47. The third-order valence-corrected chi connectivity index (χ3v) is 4.43. The fourth-order valence-electron chi connectivity index (χ4n) is 2.78. The number of amides is 1. The zero-order chi connectivity index (χ0) is 14.9. The number of hydrogen-bond acceptors (Lipinski definition) is 2. The van der Waals surface area contributed by atoms with Crippen molar-refractivity contribution >= 4 is 5.91 Å². The van der Waals surface area contributed by atoms with Gasteiger partial charge in [0.15, 0.2) is 0 Å². The Kier molecular flexibility index (Phi) is 4.19. The minimum Gasteiger partial charge on any atom is -0.341 e. The highest BCUT2D eigenvalue weighted by molar-refractivity contribution is 5.83. The van der Waals surface area contributed by atoms with E-state index in [4.69, 9.17) is 5.73 Å². The lowest BCUT2D eigenvalue weighted by Gasteiger charge is -2.27. The normalized spacial score (nSPS) is 21.1. The molecule has 0 aromatic heterocycles. The van der Waals surface area contributed by atoms with Gasteiger partial charge in [0.05, 0.1) is 0 Å². The van der Waals surface area contributed by atoms with Crippen LogP contribution in [-0.4, -0.2) is 23.9 Å². The SMILES string of the molecule is Cc1ccc(C(N)C(=O)N2CCC(C(C)(C)C)C2)cc1. The topological polar surface area (TPSA) is 46.3 Å². The fraction of sp³-hybridized carbons (Fsp3) is 0.588. The van der Waals surface area contributed by atoms with Crippen LogP contribution in [0.15, 0.2) is 24.3 Å². The van der Waals surface area contributed by atoms with Crippen LogP contribution < -0.4 is 5.73 Å². The van der Waals surface area contributed by atoms with E-state index in [-0.39, 0.29) is 11.3 Å². The number of likely N-dealkylation sites (tertiary alicyclic amines) is 1. The van der Waals surface area contributed by atoms with Crippen LogP contribution in [0.3, 0.4) is 0 Å². The van der Waals surface area contributed by atoms with Crippen LogP contribution >= 0.6 is 0 Å². The van der Waals surface area contributed by atoms with E-state index >= 15 is 0 Å². The van der Waals surface area contributed by atoms with Gasteiger partial charge in [0.1, 0.15) is 6.04 Å². The molecule has 1 aromatic rings. The Bertz CT molecular complexity index is 473. The van der Waals surface area contributed by atoms with Crippen molar-refractivity contribution in [3.63, 3.8) is 0 Å². The lowest BCUT2D eigenvalue weighted by Crippen LogP contribution is -2.38. The van der Waals surface area contributed by atoms with Gasteiger partial charge in [0, 0.05) is 13.1 Å². The Morgan fingerprint density at radius 2 is 1.90 bits per heavy atom. The summed E-state index contributed by atoms with van der Waals surface area (Å²) >= 11 is 0. The second-order valence-electron chi connectivity index (χ2n) is 7.02. The first-order valence-corrected chi connectivity index (χ1v) is 7.40. The van der Waals surface area contributed by atoms with Gasteiger partial charge in [-0.2, -0.15) is 0 Å². The Morgan fingerprint density at radius 1 is 1.30 bits per heavy atom. The Morgan fingerprint density at radius 3 is 2.40 bits per heavy atom. The summed E-state index contributed by atoms with van der Waals surface area (Å²) in [5.74, 6) is 0.622. The van der Waals surface area contributed by atoms with Gasteiger partial charge in [0.2, 0.25) is 5.91 Å². The standard InChI is InChI=1S/C17H26N2O/c1-12-5-7-13(8-6-12)15(18)16(20)19-10-9-14(11-19)17(2,3)4/h5-8,14-15H,9-11,18H2,1-4H3. The maximum absolute atomic E-state index is 12.5. The summed E-state index contributed by atoms with van der Waals surface area (Å²) in [4.78, 5) is 14.4. The average Bonchev–Trinajstić information content (AvgIpc) is 2.87. The summed E-state index contributed by atoms with van der Waals surface area (Å²) < 4.78 is 0. The monoisotopic (exact) mass is 274 g/mol. The molecule has 0 radical (unpaired) electrons. The Balaban J connectivity index is 2.03. The minimum absolute atomic E-state index is 0.0561. The van der Waals surface area contributed by atoms with E-state index in [1.54, 1.807) is 0 Å². The molecule has 1 aliphatic rings. The second-order valence-corrected chi connectivity index (χ2v) is 7.02. The molecule has 0 spiro atoms. The van der Waals surface area contributed by atoms with Gasteiger partial charge in [-0.1, -0.05) is 50.6 Å². The highest BCUT2D eigenvalue weighted by Gasteiger charge is 2.35. The van der Waals surface area contributed by atoms with E-state index in [0.29, 0.717) is 5.92 Å². The third-order valence-electron chi connectivity index (χ3n) is 4.43. The van der Waals surface area contributed by atoms with E-state index in [0.717, 1.165) is 25.1 Å². The maximum atomic E-state index is 12.5. The van der Waals surface area contributed by atoms with Crippen molar-refractivity contribution in [3.8, 4) is 0 Å². The predicted octanol–water partition coefficient (Wildman–Crippen LogP) is 2.89. The second kappa shape index (κ2) is 5.57. The summed E-state index contributed by atoms with van der Waals surface area (Å²) in [7, 11) is 0. The number of hydrogen-bond donors (Lipinski definition) is 1. The smallest absolute Gasteiger partial charge is 0.244 e. The van der Waals surface area contributed by atoms with Crippen molar-refractivity contribution in [2.45, 2.75) is 40.2 Å². The molecule has 1 aliphatic heterocycles. The van der Waals surface area contributed by atoms with E-state index in [2.05, 4.69) is 20.8 Å². The highest BCUT2D eigenvalue weighted by atomic mass is 16.2. The molecule has 1 heterocycles. The van der Waals surface area contributed by atoms with Crippen LogP contribution in [0.5, 0.6) is 0 Å². The number of benzene rings is 1. The van der Waals surface area contributed by atoms with Gasteiger partial charge in [0.25, 0.3) is 0 Å². The van der Waals surface area contributed by atoms with Crippen LogP contribution in [0.4, 0.5) is 0 Å². The van der Waals surface area contributed by atoms with Gasteiger partial charge >= 0.3 is 0 Å². The molecule has 0 bridgehead atoms. The van der Waals surface area contributed by atoms with Crippen LogP contribution in [0.25, 0.3) is 0 Å². The first kappa shape index (κ1) is 15.0. The lowest BCUT2D eigenvalue weighted by atomic mass is 9.80. The van der Waals surface area contributed by atoms with Gasteiger partial charge in [-0.25, -0.2) is 0 Å². The Labute approximate surface area is 122 Å². The number of nitrogens with two attached hydrogens (primary N) is 1. The van der Waals surface area contributed by atoms with Crippen molar-refractivity contribution < 1.29 is 4.79 Å². The number of nitrogens with zero attached hydrogens (tertiary/aromatic N) is 1. The number of aryl methyl sites for hydroxylation is 1. The molecule has 3 heteroatoms. The zero-order valence-electron chi connectivity index (χ0n) is 13.0. The quantitative estimate of drug-likeness (QED) is 0.901. The van der Waals surface area contributed by atoms with Crippen molar-refractivity contribution in [1.29, 1.82) is 0 Å². The van der Waals surface area contributed by atoms with E-state index in [1.165, 1.54) is 5.56 Å². The first-order chi connectivity index (χ1) is 9.29. The molecule has 1 amide bonds. The Hall–Kier alpha value is -1.35. The predicted molar refractivity (Wildman–Crippen MR) is 82.2 cm³/mol. The van der Waals surface area contributed by atoms with Crippen molar-refractivity contribution in [1.82, 2.24) is 4.90 Å². The van der Waals surface area contributed by atoms with E-state index in [1.807, 2.05) is 36.1 Å². The molecule has 2 N–H and O–H groups in total. The molecular formula is C17H26N2O. The molecule has 0 saturated carbocycles. The lowest BCUT2D eigenvalue weighted by molar-refractivity contribution is -0.131. The van der Waals surface area contributed by atoms with Crippen molar-refractivity contribution in [2.75, 3.05) is 13.1 Å². The molecule has 3 nitrogen and oxygen atoms in total. The zero-order valence-corrected chi connectivity index (χ0v) is 13.0. The molecule has 2 rings (SSSR count). The van der Waals surface area contributed by atoms with Gasteiger partial charge in [-0.05, 0) is 30.2 Å². The van der Waals surface area contributed by atoms with Crippen LogP contribution in [0, 0.1) is 18.3 Å². The number of carbonyl (C=O) groups is 1. The molecule has 1 fully saturated rings. The number of rotatable bonds is 2. The van der Waals surface area contributed by atoms with E-state index in [9.17, 15) is 4.79 Å². The molecule has 1 saturated heterocycles. The molecule has 20 heavy (non-hydrogen) atoms. The molecule has 2 atom stereocenters. The van der Waals surface area contributed by atoms with Gasteiger partial charge in [-0.15, -0.1) is 0 Å². The fourth-order valence-corrected chi connectivity index (χ4v) is 2.78. The maximum Gasteiger partial charge on any atom is 0.244 e. The third kappa shape index (κ3) is 3.21. The van der Waals surface area contributed by atoms with Crippen LogP contribution in [0.2, 0.25) is 0 Å². The van der Waals surface area contributed by atoms with Crippen LogP contribution in [-0.2, 0) is 4.79 Å². The highest BCUT2D eigenvalue weighted by Crippen LogP contribution is 2.34. The summed E-state index contributed by atoms with van der Waals surface area (Å²) in [6.07, 6.45) is 1.08. The van der Waals surface area contributed by atoms with Gasteiger partial charge < -0.3 is 10.6 Å². The summed E-state index contributed by atoms with van der Waals surface area (Å²) in [6.45, 7) is 10.4. The van der Waals surface area contributed by atoms with Crippen molar-refractivity contribution in [3.05, 3.63) is 35.4 Å². The average molecular weight is 274 g/mol. The molecule has 2 unspecified atom stereocenters. The van der Waals surface area contributed by atoms with Crippen molar-refractivity contribution in [2.24, 2.45) is 17.1 Å². The first-order valence-electron chi connectivity index (χ1n) is 7.40. The van der Waals surface area contributed by atoms with Crippen LogP contribution in [0.1, 0.15) is 44.4 Å². The molecule has 110 valence electrons. The van der Waals surface area contributed by atoms with Gasteiger partial charge in [-0.3, -0.25) is 4.79 Å². The molecular weight excluding hydrogens is 248 g/mol. The molecule has 0 aliphatic carbocycles.